The number of H-pyrrole nitrogens is 1. The van der Waals surface area contributed by atoms with Crippen LogP contribution in [0, 0.1) is 5.82 Å². The fraction of sp³-hybridized carbons (Fsp3) is 0.348. The van der Waals surface area contributed by atoms with Crippen LogP contribution in [0.2, 0.25) is 0 Å². The average molecular weight is 422 g/mol. The molecule has 2 aromatic carbocycles. The highest BCUT2D eigenvalue weighted by molar-refractivity contribution is 6.06. The maximum atomic E-state index is 14.5. The van der Waals surface area contributed by atoms with Gasteiger partial charge in [-0.1, -0.05) is 12.8 Å². The summed E-state index contributed by atoms with van der Waals surface area (Å²) >= 11 is 0. The van der Waals surface area contributed by atoms with Crippen molar-refractivity contribution in [2.45, 2.75) is 44.6 Å². The molecule has 2 heterocycles. The molecular weight excluding hydrogens is 399 g/mol. The fourth-order valence-corrected chi connectivity index (χ4v) is 4.71. The first-order valence-electron chi connectivity index (χ1n) is 10.7. The van der Waals surface area contributed by atoms with Gasteiger partial charge in [0, 0.05) is 30.3 Å². The number of fused-ring (bicyclic) bond motifs is 1. The molecule has 0 unspecified atom stereocenters. The lowest BCUT2D eigenvalue weighted by molar-refractivity contribution is -0.117. The van der Waals surface area contributed by atoms with Crippen molar-refractivity contribution in [2.75, 3.05) is 16.8 Å². The van der Waals surface area contributed by atoms with E-state index >= 15 is 0 Å². The summed E-state index contributed by atoms with van der Waals surface area (Å²) in [5.41, 5.74) is 2.14. The van der Waals surface area contributed by atoms with E-state index in [1.807, 2.05) is 0 Å². The van der Waals surface area contributed by atoms with Crippen molar-refractivity contribution < 1.29 is 14.0 Å². The van der Waals surface area contributed by atoms with Crippen LogP contribution in [-0.4, -0.2) is 27.9 Å². The predicted molar refractivity (Wildman–Crippen MR) is 116 cm³/mol. The van der Waals surface area contributed by atoms with Crippen LogP contribution < -0.4 is 15.9 Å². The van der Waals surface area contributed by atoms with E-state index in [4.69, 9.17) is 0 Å². The number of amides is 2. The second-order valence-electron chi connectivity index (χ2n) is 8.24. The van der Waals surface area contributed by atoms with Crippen LogP contribution in [0.15, 0.2) is 41.2 Å². The summed E-state index contributed by atoms with van der Waals surface area (Å²) in [4.78, 5) is 41.3. The van der Waals surface area contributed by atoms with Crippen molar-refractivity contribution >= 4 is 34.2 Å². The Balaban J connectivity index is 1.37. The third-order valence-corrected chi connectivity index (χ3v) is 6.24. The predicted octanol–water partition coefficient (Wildman–Crippen LogP) is 3.96. The van der Waals surface area contributed by atoms with E-state index in [1.54, 1.807) is 28.8 Å². The minimum absolute atomic E-state index is 0.0949. The summed E-state index contributed by atoms with van der Waals surface area (Å²) in [5, 5.41) is 2.69. The molecular formula is C23H23FN4O3. The number of imidazole rings is 1. The van der Waals surface area contributed by atoms with E-state index in [0.29, 0.717) is 36.2 Å². The number of aromatic nitrogens is 2. The van der Waals surface area contributed by atoms with Crippen LogP contribution in [0.5, 0.6) is 0 Å². The Labute approximate surface area is 177 Å². The highest BCUT2D eigenvalue weighted by Crippen LogP contribution is 2.31. The van der Waals surface area contributed by atoms with Crippen LogP contribution in [0.1, 0.15) is 54.9 Å². The largest absolute Gasteiger partial charge is 0.326 e. The summed E-state index contributed by atoms with van der Waals surface area (Å²) in [5.74, 6) is -1.05. The van der Waals surface area contributed by atoms with Gasteiger partial charge < -0.3 is 15.2 Å². The molecule has 2 fully saturated rings. The summed E-state index contributed by atoms with van der Waals surface area (Å²) < 4.78 is 16.3. The molecule has 3 aromatic rings. The van der Waals surface area contributed by atoms with Crippen molar-refractivity contribution in [3.63, 3.8) is 0 Å². The molecule has 1 aromatic heterocycles. The van der Waals surface area contributed by atoms with Gasteiger partial charge in [-0.15, -0.1) is 0 Å². The van der Waals surface area contributed by atoms with Gasteiger partial charge in [-0.05, 0) is 55.7 Å². The molecule has 7 nitrogen and oxygen atoms in total. The highest BCUT2D eigenvalue weighted by atomic mass is 19.1. The van der Waals surface area contributed by atoms with E-state index in [9.17, 15) is 18.8 Å². The molecule has 0 bridgehead atoms. The number of carbonyl (C=O) groups excluding carboxylic acids is 2. The molecule has 1 aliphatic carbocycles. The van der Waals surface area contributed by atoms with Gasteiger partial charge in [0.2, 0.25) is 5.91 Å². The molecule has 2 aliphatic rings. The number of carbonyl (C=O) groups is 2. The third-order valence-electron chi connectivity index (χ3n) is 6.24. The molecule has 0 atom stereocenters. The smallest absolute Gasteiger partial charge is 0.322 e. The number of halogens is 1. The van der Waals surface area contributed by atoms with Gasteiger partial charge in [0.1, 0.15) is 5.82 Å². The van der Waals surface area contributed by atoms with Crippen molar-refractivity contribution in [2.24, 2.45) is 0 Å². The molecule has 5 rings (SSSR count). The van der Waals surface area contributed by atoms with Crippen molar-refractivity contribution in [1.82, 2.24) is 9.55 Å². The summed E-state index contributed by atoms with van der Waals surface area (Å²) in [6.07, 6.45) is 5.34. The van der Waals surface area contributed by atoms with Gasteiger partial charge in [-0.25, -0.2) is 9.18 Å². The van der Waals surface area contributed by atoms with Crippen molar-refractivity contribution in [3.05, 3.63) is 58.3 Å². The third kappa shape index (κ3) is 3.52. The van der Waals surface area contributed by atoms with E-state index in [2.05, 4.69) is 10.3 Å². The van der Waals surface area contributed by atoms with Crippen LogP contribution >= 0.6 is 0 Å². The quantitative estimate of drug-likeness (QED) is 0.667. The van der Waals surface area contributed by atoms with Gasteiger partial charge in [0.05, 0.1) is 16.7 Å². The number of hydrogen-bond donors (Lipinski definition) is 2. The van der Waals surface area contributed by atoms with Crippen LogP contribution in [0.25, 0.3) is 11.0 Å². The van der Waals surface area contributed by atoms with Gasteiger partial charge in [-0.3, -0.25) is 14.2 Å². The molecule has 1 saturated heterocycles. The topological polar surface area (TPSA) is 87.2 Å². The fourth-order valence-electron chi connectivity index (χ4n) is 4.71. The average Bonchev–Trinajstić information content (AvgIpc) is 3.47. The molecule has 8 heteroatoms. The maximum absolute atomic E-state index is 14.5. The molecule has 1 aliphatic heterocycles. The lowest BCUT2D eigenvalue weighted by atomic mass is 10.1. The Kier molecular flexibility index (Phi) is 4.84. The zero-order chi connectivity index (χ0) is 21.5. The number of benzene rings is 2. The first kappa shape index (κ1) is 19.5. The minimum Gasteiger partial charge on any atom is -0.322 e. The summed E-state index contributed by atoms with van der Waals surface area (Å²) in [6, 6.07) is 9.61. The summed E-state index contributed by atoms with van der Waals surface area (Å²) in [6.45, 7) is 0.500. The van der Waals surface area contributed by atoms with Crippen molar-refractivity contribution in [3.8, 4) is 0 Å². The van der Waals surface area contributed by atoms with E-state index in [-0.39, 0.29) is 23.3 Å². The highest BCUT2D eigenvalue weighted by Gasteiger charge is 2.25. The van der Waals surface area contributed by atoms with Crippen LogP contribution in [0.3, 0.4) is 0 Å². The monoisotopic (exact) mass is 422 g/mol. The first-order chi connectivity index (χ1) is 15.0. The molecule has 2 amide bonds. The molecule has 31 heavy (non-hydrogen) atoms. The number of nitrogens with one attached hydrogen (secondary N) is 2. The van der Waals surface area contributed by atoms with Gasteiger partial charge in [0.15, 0.2) is 0 Å². The molecule has 0 radical (unpaired) electrons. The Morgan fingerprint density at radius 1 is 1.06 bits per heavy atom. The normalized spacial score (nSPS) is 17.1. The number of nitrogens with zero attached hydrogens (tertiary/aromatic N) is 2. The van der Waals surface area contributed by atoms with E-state index < -0.39 is 11.7 Å². The lowest BCUT2D eigenvalue weighted by Gasteiger charge is -2.17. The Morgan fingerprint density at radius 2 is 1.87 bits per heavy atom. The van der Waals surface area contributed by atoms with Crippen LogP contribution in [-0.2, 0) is 4.79 Å². The standard InChI is InChI=1S/C23H23FN4O3/c24-17-13-15(8-10-19(17)27-11-3-6-21(27)29)25-22(30)14-7-9-20-18(12-14)26-23(31)28(20)16-4-1-2-5-16/h7-10,12-13,16H,1-6,11H2,(H,25,30)(H,26,31). The zero-order valence-corrected chi connectivity index (χ0v) is 17.0. The number of rotatable bonds is 4. The Morgan fingerprint density at radius 3 is 2.58 bits per heavy atom. The zero-order valence-electron chi connectivity index (χ0n) is 17.0. The Bertz CT molecular complexity index is 1240. The second-order valence-corrected chi connectivity index (χ2v) is 8.24. The van der Waals surface area contributed by atoms with Gasteiger partial charge >= 0.3 is 5.69 Å². The molecule has 2 N–H and O–H groups in total. The van der Waals surface area contributed by atoms with E-state index in [0.717, 1.165) is 31.2 Å². The second kappa shape index (κ2) is 7.68. The summed E-state index contributed by atoms with van der Waals surface area (Å²) in [7, 11) is 0. The van der Waals surface area contributed by atoms with E-state index in [1.165, 1.54) is 17.0 Å². The number of hydrogen-bond acceptors (Lipinski definition) is 3. The van der Waals surface area contributed by atoms with Crippen LogP contribution in [0.4, 0.5) is 15.8 Å². The van der Waals surface area contributed by atoms with Crippen molar-refractivity contribution in [1.29, 1.82) is 0 Å². The van der Waals surface area contributed by atoms with Gasteiger partial charge in [0.25, 0.3) is 5.91 Å². The first-order valence-corrected chi connectivity index (χ1v) is 10.7. The molecule has 160 valence electrons. The maximum Gasteiger partial charge on any atom is 0.326 e. The number of aromatic amines is 1. The number of anilines is 2. The van der Waals surface area contributed by atoms with Gasteiger partial charge in [-0.2, -0.15) is 0 Å². The molecule has 1 saturated carbocycles. The lowest BCUT2D eigenvalue weighted by Crippen LogP contribution is -2.24. The SMILES string of the molecule is O=C(Nc1ccc(N2CCCC2=O)c(F)c1)c1ccc2c(c1)[nH]c(=O)n2C1CCCC1. The Hall–Kier alpha value is -3.42. The molecule has 0 spiro atoms. The minimum atomic E-state index is -0.554.